The Balaban J connectivity index is 1.51. The molecule has 0 aliphatic carbocycles. The molecular weight excluding hydrogens is 340 g/mol. The predicted octanol–water partition coefficient (Wildman–Crippen LogP) is 3.28. The molecule has 0 atom stereocenters. The van der Waals surface area contributed by atoms with Crippen molar-refractivity contribution < 1.29 is 14.3 Å². The molecule has 2 N–H and O–H groups in total. The van der Waals surface area contributed by atoms with Crippen LogP contribution in [0.1, 0.15) is 11.1 Å². The van der Waals surface area contributed by atoms with Gasteiger partial charge in [0.15, 0.2) is 0 Å². The van der Waals surface area contributed by atoms with Gasteiger partial charge in [-0.3, -0.25) is 9.59 Å². The van der Waals surface area contributed by atoms with Gasteiger partial charge in [0.25, 0.3) is 0 Å². The van der Waals surface area contributed by atoms with E-state index >= 15 is 0 Å². The summed E-state index contributed by atoms with van der Waals surface area (Å²) in [4.78, 5) is 24.3. The first-order valence-electron chi connectivity index (χ1n) is 8.77. The molecule has 138 valence electrons. The summed E-state index contributed by atoms with van der Waals surface area (Å²) >= 11 is 0. The van der Waals surface area contributed by atoms with Gasteiger partial charge in [-0.1, -0.05) is 54.6 Å². The Bertz CT molecular complexity index is 930. The van der Waals surface area contributed by atoms with Crippen LogP contribution in [0.5, 0.6) is 0 Å². The third-order valence-corrected chi connectivity index (χ3v) is 4.23. The molecule has 3 aromatic carbocycles. The molecule has 0 fully saturated rings. The number of methoxy groups -OCH3 is 1. The van der Waals surface area contributed by atoms with Crippen molar-refractivity contribution >= 4 is 28.3 Å². The van der Waals surface area contributed by atoms with Crippen LogP contribution in [-0.2, 0) is 27.4 Å². The van der Waals surface area contributed by atoms with E-state index in [1.165, 1.54) is 0 Å². The number of anilines is 1. The zero-order valence-corrected chi connectivity index (χ0v) is 15.2. The summed E-state index contributed by atoms with van der Waals surface area (Å²) in [6.07, 6.45) is 0.236. The van der Waals surface area contributed by atoms with Crippen LogP contribution in [0, 0.1) is 0 Å². The summed E-state index contributed by atoms with van der Waals surface area (Å²) < 4.78 is 5.05. The number of hydrogen-bond acceptors (Lipinski definition) is 3. The Labute approximate surface area is 158 Å². The lowest BCUT2D eigenvalue weighted by Gasteiger charge is -2.09. The van der Waals surface area contributed by atoms with Gasteiger partial charge in [0.1, 0.15) is 0 Å². The van der Waals surface area contributed by atoms with E-state index < -0.39 is 0 Å². The van der Waals surface area contributed by atoms with E-state index in [1.807, 2.05) is 66.7 Å². The number of ether oxygens (including phenoxy) is 1. The molecule has 5 nitrogen and oxygen atoms in total. The minimum Gasteiger partial charge on any atom is -0.380 e. The van der Waals surface area contributed by atoms with Crippen LogP contribution in [0.3, 0.4) is 0 Å². The van der Waals surface area contributed by atoms with E-state index in [0.717, 1.165) is 21.9 Å². The molecule has 0 saturated heterocycles. The molecule has 0 heterocycles. The SMILES string of the molecule is COCc1ccc(NC(=O)CNC(=O)Cc2cccc3ccccc23)cc1. The van der Waals surface area contributed by atoms with E-state index in [4.69, 9.17) is 4.74 Å². The van der Waals surface area contributed by atoms with Crippen LogP contribution >= 0.6 is 0 Å². The molecule has 0 radical (unpaired) electrons. The van der Waals surface area contributed by atoms with Gasteiger partial charge in [-0.05, 0) is 34.0 Å². The summed E-state index contributed by atoms with van der Waals surface area (Å²) in [5.41, 5.74) is 2.65. The average Bonchev–Trinajstić information content (AvgIpc) is 2.68. The molecule has 27 heavy (non-hydrogen) atoms. The highest BCUT2D eigenvalue weighted by Gasteiger charge is 2.09. The van der Waals surface area contributed by atoms with Gasteiger partial charge in [-0.2, -0.15) is 0 Å². The molecule has 0 unspecified atom stereocenters. The number of amides is 2. The normalized spacial score (nSPS) is 10.6. The van der Waals surface area contributed by atoms with Crippen molar-refractivity contribution in [1.82, 2.24) is 5.32 Å². The van der Waals surface area contributed by atoms with Gasteiger partial charge < -0.3 is 15.4 Å². The van der Waals surface area contributed by atoms with Gasteiger partial charge >= 0.3 is 0 Å². The number of hydrogen-bond donors (Lipinski definition) is 2. The Morgan fingerprint density at radius 3 is 2.41 bits per heavy atom. The number of benzene rings is 3. The topological polar surface area (TPSA) is 67.4 Å². The monoisotopic (exact) mass is 362 g/mol. The number of nitrogens with one attached hydrogen (secondary N) is 2. The molecule has 3 rings (SSSR count). The first-order chi connectivity index (χ1) is 13.2. The van der Waals surface area contributed by atoms with Crippen LogP contribution < -0.4 is 10.6 Å². The summed E-state index contributed by atoms with van der Waals surface area (Å²) in [7, 11) is 1.64. The van der Waals surface area contributed by atoms with Crippen LogP contribution in [0.4, 0.5) is 5.69 Å². The molecule has 2 amide bonds. The van der Waals surface area contributed by atoms with E-state index in [9.17, 15) is 9.59 Å². The fourth-order valence-corrected chi connectivity index (χ4v) is 2.92. The van der Waals surface area contributed by atoms with Crippen molar-refractivity contribution in [2.75, 3.05) is 19.0 Å². The zero-order valence-electron chi connectivity index (χ0n) is 15.2. The van der Waals surface area contributed by atoms with Gasteiger partial charge in [0.05, 0.1) is 19.6 Å². The first kappa shape index (κ1) is 18.6. The quantitative estimate of drug-likeness (QED) is 0.678. The van der Waals surface area contributed by atoms with Crippen molar-refractivity contribution in [3.63, 3.8) is 0 Å². The van der Waals surface area contributed by atoms with Crippen LogP contribution in [-0.4, -0.2) is 25.5 Å². The van der Waals surface area contributed by atoms with E-state index in [1.54, 1.807) is 7.11 Å². The lowest BCUT2D eigenvalue weighted by molar-refractivity contribution is -0.123. The van der Waals surface area contributed by atoms with E-state index in [0.29, 0.717) is 12.3 Å². The summed E-state index contributed by atoms with van der Waals surface area (Å²) in [5, 5.41) is 7.59. The van der Waals surface area contributed by atoms with Crippen molar-refractivity contribution in [3.05, 3.63) is 77.9 Å². The first-order valence-corrected chi connectivity index (χ1v) is 8.77. The molecule has 0 aliphatic rings. The van der Waals surface area contributed by atoms with Crippen molar-refractivity contribution in [3.8, 4) is 0 Å². The van der Waals surface area contributed by atoms with Crippen LogP contribution in [0.2, 0.25) is 0 Å². The highest BCUT2D eigenvalue weighted by molar-refractivity contribution is 5.95. The maximum absolute atomic E-state index is 12.2. The summed E-state index contributed by atoms with van der Waals surface area (Å²) in [6.45, 7) is 0.460. The molecule has 0 aromatic heterocycles. The third kappa shape index (κ3) is 5.15. The summed E-state index contributed by atoms with van der Waals surface area (Å²) in [5.74, 6) is -0.447. The number of carbonyl (C=O) groups is 2. The van der Waals surface area contributed by atoms with Crippen LogP contribution in [0.15, 0.2) is 66.7 Å². The highest BCUT2D eigenvalue weighted by atomic mass is 16.5. The number of rotatable bonds is 7. The Morgan fingerprint density at radius 1 is 0.889 bits per heavy atom. The van der Waals surface area contributed by atoms with Gasteiger partial charge in [0, 0.05) is 12.8 Å². The highest BCUT2D eigenvalue weighted by Crippen LogP contribution is 2.18. The average molecular weight is 362 g/mol. The summed E-state index contributed by atoms with van der Waals surface area (Å²) in [6, 6.07) is 21.2. The molecular formula is C22H22N2O3. The van der Waals surface area contributed by atoms with E-state index in [-0.39, 0.29) is 24.8 Å². The molecule has 0 spiro atoms. The fraction of sp³-hybridized carbons (Fsp3) is 0.182. The Morgan fingerprint density at radius 2 is 1.63 bits per heavy atom. The number of fused-ring (bicyclic) bond motifs is 1. The molecule has 0 aliphatic heterocycles. The minimum atomic E-state index is -0.263. The van der Waals surface area contributed by atoms with Crippen molar-refractivity contribution in [1.29, 1.82) is 0 Å². The predicted molar refractivity (Wildman–Crippen MR) is 106 cm³/mol. The van der Waals surface area contributed by atoms with E-state index in [2.05, 4.69) is 10.6 Å². The van der Waals surface area contributed by atoms with Crippen molar-refractivity contribution in [2.24, 2.45) is 0 Å². The molecule has 0 bridgehead atoms. The number of carbonyl (C=O) groups excluding carboxylic acids is 2. The maximum Gasteiger partial charge on any atom is 0.243 e. The zero-order chi connectivity index (χ0) is 19.1. The molecule has 0 saturated carbocycles. The van der Waals surface area contributed by atoms with Crippen molar-refractivity contribution in [2.45, 2.75) is 13.0 Å². The molecule has 5 heteroatoms. The Kier molecular flexibility index (Phi) is 6.18. The minimum absolute atomic E-state index is 0.0660. The Hall–Kier alpha value is -3.18. The second kappa shape index (κ2) is 8.96. The second-order valence-electron chi connectivity index (χ2n) is 6.27. The fourth-order valence-electron chi connectivity index (χ4n) is 2.92. The smallest absolute Gasteiger partial charge is 0.243 e. The third-order valence-electron chi connectivity index (χ3n) is 4.23. The van der Waals surface area contributed by atoms with Crippen LogP contribution in [0.25, 0.3) is 10.8 Å². The second-order valence-corrected chi connectivity index (χ2v) is 6.27. The lowest BCUT2D eigenvalue weighted by atomic mass is 10.0. The van der Waals surface area contributed by atoms with Gasteiger partial charge in [0.2, 0.25) is 11.8 Å². The largest absolute Gasteiger partial charge is 0.380 e. The maximum atomic E-state index is 12.2. The molecule has 3 aromatic rings. The van der Waals surface area contributed by atoms with Gasteiger partial charge in [-0.15, -0.1) is 0 Å². The van der Waals surface area contributed by atoms with Gasteiger partial charge in [-0.25, -0.2) is 0 Å². The standard InChI is InChI=1S/C22H22N2O3/c1-27-15-16-9-11-19(12-10-16)24-22(26)14-23-21(25)13-18-7-4-6-17-5-2-3-8-20(17)18/h2-12H,13-15H2,1H3,(H,23,25)(H,24,26). The lowest BCUT2D eigenvalue weighted by Crippen LogP contribution is -2.33.